The zero-order valence-electron chi connectivity index (χ0n) is 12.7. The standard InChI is InChI=1S/C18H18O4S/c1-22-17(20)18(21)10-9-15(19)16-14(18)11-13(23-16)8-7-12-5-3-2-4-6-12/h2-8,11,15,19,21H,9-10H2,1H3/b8-7+/t15-,18-/m0/s1. The van der Waals surface area contributed by atoms with Crippen molar-refractivity contribution < 1.29 is 19.7 Å². The fraction of sp³-hybridized carbons (Fsp3) is 0.278. The average molecular weight is 330 g/mol. The van der Waals surface area contributed by atoms with Crippen LogP contribution in [0.25, 0.3) is 12.2 Å². The highest BCUT2D eigenvalue weighted by atomic mass is 32.1. The minimum Gasteiger partial charge on any atom is -0.467 e. The number of rotatable bonds is 3. The van der Waals surface area contributed by atoms with Gasteiger partial charge >= 0.3 is 5.97 Å². The Labute approximate surface area is 138 Å². The summed E-state index contributed by atoms with van der Waals surface area (Å²) >= 11 is 1.39. The van der Waals surface area contributed by atoms with Crippen LogP contribution in [0.2, 0.25) is 0 Å². The molecule has 3 rings (SSSR count). The van der Waals surface area contributed by atoms with Gasteiger partial charge in [0.1, 0.15) is 0 Å². The topological polar surface area (TPSA) is 66.8 Å². The number of aliphatic hydroxyl groups is 2. The second-order valence-electron chi connectivity index (χ2n) is 5.58. The van der Waals surface area contributed by atoms with E-state index in [2.05, 4.69) is 0 Å². The number of aliphatic hydroxyl groups excluding tert-OH is 1. The van der Waals surface area contributed by atoms with Gasteiger partial charge in [0.15, 0.2) is 5.60 Å². The van der Waals surface area contributed by atoms with E-state index in [4.69, 9.17) is 4.74 Å². The molecule has 4 nitrogen and oxygen atoms in total. The largest absolute Gasteiger partial charge is 0.467 e. The second kappa shape index (κ2) is 6.28. The van der Waals surface area contributed by atoms with Gasteiger partial charge in [-0.15, -0.1) is 11.3 Å². The molecule has 2 atom stereocenters. The van der Waals surface area contributed by atoms with Crippen molar-refractivity contribution in [3.63, 3.8) is 0 Å². The van der Waals surface area contributed by atoms with Crippen molar-refractivity contribution in [1.29, 1.82) is 0 Å². The highest BCUT2D eigenvalue weighted by molar-refractivity contribution is 7.13. The highest BCUT2D eigenvalue weighted by Gasteiger charge is 2.46. The average Bonchev–Trinajstić information content (AvgIpc) is 3.02. The fourth-order valence-electron chi connectivity index (χ4n) is 2.81. The van der Waals surface area contributed by atoms with Gasteiger partial charge in [-0.2, -0.15) is 0 Å². The molecule has 1 aliphatic carbocycles. The quantitative estimate of drug-likeness (QED) is 0.849. The van der Waals surface area contributed by atoms with Crippen molar-refractivity contribution in [1.82, 2.24) is 0 Å². The number of carbonyl (C=O) groups excluding carboxylic acids is 1. The van der Waals surface area contributed by atoms with E-state index in [0.717, 1.165) is 10.4 Å². The zero-order valence-corrected chi connectivity index (χ0v) is 13.5. The monoisotopic (exact) mass is 330 g/mol. The first-order valence-corrected chi connectivity index (χ1v) is 8.22. The summed E-state index contributed by atoms with van der Waals surface area (Å²) in [4.78, 5) is 13.5. The van der Waals surface area contributed by atoms with Crippen molar-refractivity contribution in [3.05, 3.63) is 57.3 Å². The van der Waals surface area contributed by atoms with Crippen molar-refractivity contribution in [2.75, 3.05) is 7.11 Å². The molecule has 0 saturated heterocycles. The van der Waals surface area contributed by atoms with E-state index in [0.29, 0.717) is 16.9 Å². The number of ether oxygens (including phenoxy) is 1. The molecule has 0 radical (unpaired) electrons. The van der Waals surface area contributed by atoms with Crippen molar-refractivity contribution >= 4 is 29.5 Å². The first-order valence-electron chi connectivity index (χ1n) is 7.41. The molecule has 1 aromatic carbocycles. The Hall–Kier alpha value is -1.95. The Morgan fingerprint density at radius 2 is 2.09 bits per heavy atom. The molecule has 0 unspecified atom stereocenters. The molecule has 1 aliphatic rings. The lowest BCUT2D eigenvalue weighted by Gasteiger charge is -2.31. The Bertz CT molecular complexity index is 735. The Kier molecular flexibility index (Phi) is 4.35. The lowest BCUT2D eigenvalue weighted by atomic mass is 9.82. The Morgan fingerprint density at radius 1 is 1.35 bits per heavy atom. The van der Waals surface area contributed by atoms with Crippen LogP contribution in [0, 0.1) is 0 Å². The number of methoxy groups -OCH3 is 1. The number of fused-ring (bicyclic) bond motifs is 1. The van der Waals surface area contributed by atoms with Crippen LogP contribution < -0.4 is 0 Å². The van der Waals surface area contributed by atoms with Gasteiger partial charge in [-0.1, -0.05) is 36.4 Å². The predicted molar refractivity (Wildman–Crippen MR) is 89.8 cm³/mol. The van der Waals surface area contributed by atoms with Crippen LogP contribution >= 0.6 is 11.3 Å². The third-order valence-electron chi connectivity index (χ3n) is 4.07. The maximum absolute atomic E-state index is 12.0. The summed E-state index contributed by atoms with van der Waals surface area (Å²) in [7, 11) is 1.26. The molecule has 1 aromatic heterocycles. The van der Waals surface area contributed by atoms with Crippen molar-refractivity contribution in [3.8, 4) is 0 Å². The predicted octanol–water partition coefficient (Wildman–Crippen LogP) is 3.11. The van der Waals surface area contributed by atoms with Crippen LogP contribution in [0.1, 0.15) is 39.8 Å². The molecule has 2 N–H and O–H groups in total. The van der Waals surface area contributed by atoms with E-state index < -0.39 is 17.7 Å². The number of hydrogen-bond acceptors (Lipinski definition) is 5. The van der Waals surface area contributed by atoms with E-state index in [1.165, 1.54) is 18.4 Å². The first-order chi connectivity index (χ1) is 11.0. The number of hydrogen-bond donors (Lipinski definition) is 2. The summed E-state index contributed by atoms with van der Waals surface area (Å²) in [5, 5.41) is 20.9. The van der Waals surface area contributed by atoms with Gasteiger partial charge in [0, 0.05) is 15.3 Å². The molecule has 0 fully saturated rings. The van der Waals surface area contributed by atoms with Crippen LogP contribution in [0.15, 0.2) is 36.4 Å². The van der Waals surface area contributed by atoms with Gasteiger partial charge in [0.25, 0.3) is 0 Å². The van der Waals surface area contributed by atoms with E-state index >= 15 is 0 Å². The maximum Gasteiger partial charge on any atom is 0.342 e. The second-order valence-corrected chi connectivity index (χ2v) is 6.69. The summed E-state index contributed by atoms with van der Waals surface area (Å²) in [5.74, 6) is -0.679. The highest BCUT2D eigenvalue weighted by Crippen LogP contribution is 2.45. The van der Waals surface area contributed by atoms with Gasteiger partial charge in [0.2, 0.25) is 0 Å². The molecule has 1 heterocycles. The summed E-state index contributed by atoms with van der Waals surface area (Å²) in [6.45, 7) is 0. The molecule has 23 heavy (non-hydrogen) atoms. The van der Waals surface area contributed by atoms with Gasteiger partial charge in [-0.05, 0) is 30.5 Å². The van der Waals surface area contributed by atoms with Crippen molar-refractivity contribution in [2.24, 2.45) is 0 Å². The van der Waals surface area contributed by atoms with E-state index in [9.17, 15) is 15.0 Å². The first kappa shape index (κ1) is 15.9. The third kappa shape index (κ3) is 2.95. The molecule has 0 spiro atoms. The Morgan fingerprint density at radius 3 is 2.78 bits per heavy atom. The molecule has 120 valence electrons. The van der Waals surface area contributed by atoms with E-state index in [1.807, 2.05) is 42.5 Å². The van der Waals surface area contributed by atoms with Gasteiger partial charge in [-0.3, -0.25) is 0 Å². The van der Waals surface area contributed by atoms with Crippen molar-refractivity contribution in [2.45, 2.75) is 24.5 Å². The van der Waals surface area contributed by atoms with Gasteiger partial charge in [0.05, 0.1) is 13.2 Å². The lowest BCUT2D eigenvalue weighted by Crippen LogP contribution is -2.40. The molecule has 5 heteroatoms. The smallest absolute Gasteiger partial charge is 0.342 e. The summed E-state index contributed by atoms with van der Waals surface area (Å²) in [6.07, 6.45) is 3.72. The lowest BCUT2D eigenvalue weighted by molar-refractivity contribution is -0.166. The molecular weight excluding hydrogens is 312 g/mol. The van der Waals surface area contributed by atoms with Gasteiger partial charge < -0.3 is 14.9 Å². The Balaban J connectivity index is 1.96. The van der Waals surface area contributed by atoms with Crippen LogP contribution in [-0.4, -0.2) is 23.3 Å². The molecular formula is C18H18O4S. The molecule has 0 aliphatic heterocycles. The van der Waals surface area contributed by atoms with E-state index in [-0.39, 0.29) is 6.42 Å². The summed E-state index contributed by atoms with van der Waals surface area (Å²) < 4.78 is 4.74. The van der Waals surface area contributed by atoms with Gasteiger partial charge in [-0.25, -0.2) is 4.79 Å². The van der Waals surface area contributed by atoms with Crippen LogP contribution in [-0.2, 0) is 15.1 Å². The molecule has 0 amide bonds. The van der Waals surface area contributed by atoms with Crippen LogP contribution in [0.3, 0.4) is 0 Å². The number of carbonyl (C=O) groups is 1. The van der Waals surface area contributed by atoms with Crippen LogP contribution in [0.5, 0.6) is 0 Å². The molecule has 2 aromatic rings. The number of benzene rings is 1. The number of esters is 1. The molecule has 0 saturated carbocycles. The fourth-order valence-corrected chi connectivity index (χ4v) is 3.97. The minimum absolute atomic E-state index is 0.159. The summed E-state index contributed by atoms with van der Waals surface area (Å²) in [5.41, 5.74) is -0.151. The SMILES string of the molecule is COC(=O)[C@]1(O)CC[C@H](O)c2sc(/C=C/c3ccccc3)cc21. The normalized spacial score (nSPS) is 23.7. The maximum atomic E-state index is 12.0. The minimum atomic E-state index is -1.67. The third-order valence-corrected chi connectivity index (χ3v) is 5.27. The zero-order chi connectivity index (χ0) is 16.4. The van der Waals surface area contributed by atoms with Crippen LogP contribution in [0.4, 0.5) is 0 Å². The molecule has 0 bridgehead atoms. The summed E-state index contributed by atoms with van der Waals surface area (Å²) in [6, 6.07) is 11.6. The number of thiophene rings is 1. The van der Waals surface area contributed by atoms with E-state index in [1.54, 1.807) is 6.07 Å².